The highest BCUT2D eigenvalue weighted by Gasteiger charge is 2.23. The molecule has 2 aromatic heterocycles. The summed E-state index contributed by atoms with van der Waals surface area (Å²) in [5.74, 6) is 0.479. The van der Waals surface area contributed by atoms with E-state index in [1.165, 1.54) is 16.7 Å². The summed E-state index contributed by atoms with van der Waals surface area (Å²) in [5, 5.41) is 2.13. The van der Waals surface area contributed by atoms with Crippen LogP contribution in [0.3, 0.4) is 0 Å². The third-order valence-electron chi connectivity index (χ3n) is 5.12. The molecule has 2 aromatic carbocycles. The number of pyridine rings is 2. The number of rotatable bonds is 2. The van der Waals surface area contributed by atoms with Crippen molar-refractivity contribution in [1.82, 2.24) is 9.97 Å². The van der Waals surface area contributed by atoms with Crippen molar-refractivity contribution in [3.63, 3.8) is 0 Å². The van der Waals surface area contributed by atoms with E-state index in [0.717, 1.165) is 33.9 Å². The van der Waals surface area contributed by atoms with E-state index >= 15 is 0 Å². The predicted molar refractivity (Wildman–Crippen MR) is 104 cm³/mol. The molecule has 0 saturated carbocycles. The number of benzene rings is 2. The van der Waals surface area contributed by atoms with Crippen LogP contribution in [0.15, 0.2) is 54.6 Å². The Labute approximate surface area is 151 Å². The Morgan fingerprint density at radius 3 is 2.81 bits per heavy atom. The molecule has 0 fully saturated rings. The SMILES string of the molecule is Cc1ccc2c(c1)nc(N)c1nc(CC3OCc4ccccc43)ccc12. The first-order valence-corrected chi connectivity index (χ1v) is 8.84. The van der Waals surface area contributed by atoms with Gasteiger partial charge in [0.05, 0.1) is 18.2 Å². The van der Waals surface area contributed by atoms with Crippen molar-refractivity contribution in [2.75, 3.05) is 5.73 Å². The number of ether oxygens (including phenoxy) is 1. The summed E-state index contributed by atoms with van der Waals surface area (Å²) in [6, 6.07) is 18.8. The predicted octanol–water partition coefficient (Wildman–Crippen LogP) is 4.49. The van der Waals surface area contributed by atoms with Crippen LogP contribution < -0.4 is 5.73 Å². The Kier molecular flexibility index (Phi) is 3.40. The van der Waals surface area contributed by atoms with Gasteiger partial charge in [0.1, 0.15) is 5.52 Å². The molecule has 1 atom stereocenters. The fourth-order valence-corrected chi connectivity index (χ4v) is 3.79. The van der Waals surface area contributed by atoms with Gasteiger partial charge in [-0.15, -0.1) is 0 Å². The van der Waals surface area contributed by atoms with Crippen LogP contribution in [0.4, 0.5) is 5.82 Å². The van der Waals surface area contributed by atoms with Crippen molar-refractivity contribution in [2.45, 2.75) is 26.1 Å². The van der Waals surface area contributed by atoms with Crippen LogP contribution in [0.1, 0.15) is 28.5 Å². The first-order chi connectivity index (χ1) is 12.7. The molecule has 5 rings (SSSR count). The Morgan fingerprint density at radius 2 is 1.88 bits per heavy atom. The summed E-state index contributed by atoms with van der Waals surface area (Å²) in [6.07, 6.45) is 0.784. The average molecular weight is 341 g/mol. The molecule has 0 aliphatic carbocycles. The summed E-state index contributed by atoms with van der Waals surface area (Å²) >= 11 is 0. The third-order valence-corrected chi connectivity index (χ3v) is 5.12. The lowest BCUT2D eigenvalue weighted by Crippen LogP contribution is -2.04. The fourth-order valence-electron chi connectivity index (χ4n) is 3.79. The molecule has 1 aliphatic rings. The first kappa shape index (κ1) is 15.3. The summed E-state index contributed by atoms with van der Waals surface area (Å²) in [4.78, 5) is 9.37. The van der Waals surface area contributed by atoms with Crippen LogP contribution in [-0.4, -0.2) is 9.97 Å². The molecule has 0 radical (unpaired) electrons. The second kappa shape index (κ2) is 5.78. The topological polar surface area (TPSA) is 61.0 Å². The maximum absolute atomic E-state index is 6.22. The number of hydrogen-bond acceptors (Lipinski definition) is 4. The maximum atomic E-state index is 6.22. The van der Waals surface area contributed by atoms with Crippen LogP contribution in [0, 0.1) is 6.92 Å². The van der Waals surface area contributed by atoms with Gasteiger partial charge >= 0.3 is 0 Å². The molecule has 2 N–H and O–H groups in total. The van der Waals surface area contributed by atoms with Crippen molar-refractivity contribution in [3.8, 4) is 0 Å². The van der Waals surface area contributed by atoms with Crippen LogP contribution >= 0.6 is 0 Å². The molecule has 26 heavy (non-hydrogen) atoms. The van der Waals surface area contributed by atoms with Gasteiger partial charge in [0.2, 0.25) is 0 Å². The molecule has 1 unspecified atom stereocenters. The Bertz CT molecular complexity index is 1150. The number of nitrogens with two attached hydrogens (primary N) is 1. The molecule has 3 heterocycles. The van der Waals surface area contributed by atoms with Crippen molar-refractivity contribution in [1.29, 1.82) is 0 Å². The van der Waals surface area contributed by atoms with Gasteiger partial charge in [-0.3, -0.25) is 0 Å². The maximum Gasteiger partial charge on any atom is 0.150 e. The molecule has 0 amide bonds. The fraction of sp³-hybridized carbons (Fsp3) is 0.182. The lowest BCUT2D eigenvalue weighted by Gasteiger charge is -2.12. The van der Waals surface area contributed by atoms with Crippen molar-refractivity contribution < 1.29 is 4.74 Å². The van der Waals surface area contributed by atoms with Crippen LogP contribution in [0.2, 0.25) is 0 Å². The minimum absolute atomic E-state index is 0.0495. The van der Waals surface area contributed by atoms with Crippen molar-refractivity contribution >= 4 is 27.6 Å². The molecule has 0 saturated heterocycles. The summed E-state index contributed by atoms with van der Waals surface area (Å²) < 4.78 is 5.97. The number of anilines is 1. The van der Waals surface area contributed by atoms with Gasteiger partial charge < -0.3 is 10.5 Å². The second-order valence-corrected chi connectivity index (χ2v) is 6.92. The largest absolute Gasteiger partial charge is 0.382 e. The molecule has 4 heteroatoms. The highest BCUT2D eigenvalue weighted by molar-refractivity contribution is 6.08. The quantitative estimate of drug-likeness (QED) is 0.546. The van der Waals surface area contributed by atoms with E-state index < -0.39 is 0 Å². The Morgan fingerprint density at radius 1 is 1.04 bits per heavy atom. The van der Waals surface area contributed by atoms with Gasteiger partial charge in [0, 0.05) is 22.9 Å². The summed E-state index contributed by atoms with van der Waals surface area (Å²) in [5.41, 5.74) is 12.6. The molecular weight excluding hydrogens is 322 g/mol. The van der Waals surface area contributed by atoms with Gasteiger partial charge in [-0.1, -0.05) is 42.5 Å². The van der Waals surface area contributed by atoms with Gasteiger partial charge in [0.15, 0.2) is 5.82 Å². The normalized spacial score (nSPS) is 16.3. The number of nitrogen functional groups attached to an aromatic ring is 1. The van der Waals surface area contributed by atoms with Crippen LogP contribution in [0.5, 0.6) is 0 Å². The summed E-state index contributed by atoms with van der Waals surface area (Å²) in [7, 11) is 0. The number of aryl methyl sites for hydroxylation is 1. The average Bonchev–Trinajstić information content (AvgIpc) is 3.05. The first-order valence-electron chi connectivity index (χ1n) is 8.84. The van der Waals surface area contributed by atoms with E-state index in [4.69, 9.17) is 15.5 Å². The van der Waals surface area contributed by atoms with Crippen molar-refractivity contribution in [2.24, 2.45) is 0 Å². The smallest absolute Gasteiger partial charge is 0.150 e. The zero-order chi connectivity index (χ0) is 17.7. The molecule has 128 valence electrons. The van der Waals surface area contributed by atoms with E-state index in [9.17, 15) is 0 Å². The Balaban J connectivity index is 1.57. The molecule has 1 aliphatic heterocycles. The van der Waals surface area contributed by atoms with E-state index in [2.05, 4.69) is 66.5 Å². The van der Waals surface area contributed by atoms with Gasteiger partial charge in [-0.05, 0) is 35.7 Å². The molecule has 4 aromatic rings. The van der Waals surface area contributed by atoms with E-state index in [1.807, 2.05) is 0 Å². The van der Waals surface area contributed by atoms with Crippen LogP contribution in [-0.2, 0) is 17.8 Å². The number of nitrogens with zero attached hydrogens (tertiary/aromatic N) is 2. The molecule has 4 nitrogen and oxygen atoms in total. The third kappa shape index (κ3) is 2.42. The van der Waals surface area contributed by atoms with Crippen molar-refractivity contribution in [3.05, 3.63) is 77.0 Å². The highest BCUT2D eigenvalue weighted by atomic mass is 16.5. The van der Waals surface area contributed by atoms with Gasteiger partial charge in [0.25, 0.3) is 0 Å². The number of aromatic nitrogens is 2. The van der Waals surface area contributed by atoms with E-state index in [-0.39, 0.29) is 6.10 Å². The van der Waals surface area contributed by atoms with Crippen LogP contribution in [0.25, 0.3) is 21.8 Å². The monoisotopic (exact) mass is 341 g/mol. The molecule has 0 bridgehead atoms. The summed E-state index contributed by atoms with van der Waals surface area (Å²) in [6.45, 7) is 2.73. The lowest BCUT2D eigenvalue weighted by molar-refractivity contribution is 0.0659. The number of hydrogen-bond donors (Lipinski definition) is 1. The zero-order valence-corrected chi connectivity index (χ0v) is 14.6. The lowest BCUT2D eigenvalue weighted by atomic mass is 10.0. The van der Waals surface area contributed by atoms with E-state index in [1.54, 1.807) is 0 Å². The van der Waals surface area contributed by atoms with Gasteiger partial charge in [-0.2, -0.15) is 0 Å². The minimum atomic E-state index is 0.0495. The molecular formula is C22H19N3O. The number of fused-ring (bicyclic) bond motifs is 4. The highest BCUT2D eigenvalue weighted by Crippen LogP contribution is 2.34. The van der Waals surface area contributed by atoms with E-state index in [0.29, 0.717) is 12.4 Å². The Hall–Kier alpha value is -2.98. The zero-order valence-electron chi connectivity index (χ0n) is 14.6. The standard InChI is InChI=1S/C22H19N3O/c1-13-6-8-17-18-9-7-15(24-21(18)22(23)25-19(17)10-13)11-20-16-5-3-2-4-14(16)12-26-20/h2-10,20H,11-12H2,1H3,(H2,23,25). The minimum Gasteiger partial charge on any atom is -0.382 e. The van der Waals surface area contributed by atoms with Gasteiger partial charge in [-0.25, -0.2) is 9.97 Å². The second-order valence-electron chi connectivity index (χ2n) is 6.92. The molecule has 0 spiro atoms.